The van der Waals surface area contributed by atoms with E-state index in [0.29, 0.717) is 28.3 Å². The predicted octanol–water partition coefficient (Wildman–Crippen LogP) is 3.02. The molecule has 0 unspecified atom stereocenters. The quantitative estimate of drug-likeness (QED) is 0.429. The average molecular weight is 464 g/mol. The Kier molecular flexibility index (Phi) is 6.45. The third kappa shape index (κ3) is 4.90. The first kappa shape index (κ1) is 22.5. The van der Waals surface area contributed by atoms with Gasteiger partial charge in [-0.05, 0) is 43.7 Å². The monoisotopic (exact) mass is 463 g/mol. The number of pyridine rings is 2. The van der Waals surface area contributed by atoms with Crippen LogP contribution in [0, 0.1) is 5.41 Å². The summed E-state index contributed by atoms with van der Waals surface area (Å²) >= 11 is 1.85. The van der Waals surface area contributed by atoms with Crippen LogP contribution in [0.25, 0.3) is 22.3 Å². The van der Waals surface area contributed by atoms with Crippen LogP contribution < -0.4 is 11.1 Å². The molecule has 1 aliphatic rings. The number of allylic oxidation sites excluding steroid dienone is 1. The standard InChI is InChI=1S/C23H25N7O2S/c1-13(14(2)24)20(25)22(31)28-17-9-16-11-18(29-21(16)27-12-17)15-3-4-26-19(10-15)23(32)30-5-7-33-8-6-30/h3-4,9-12,25H,5-8,24H2,1-2H3,(H,27,29)(H,28,31)/b14-13-,25-20?. The summed E-state index contributed by atoms with van der Waals surface area (Å²) in [5.74, 6) is 1.27. The van der Waals surface area contributed by atoms with Crippen LogP contribution in [0.3, 0.4) is 0 Å². The van der Waals surface area contributed by atoms with Gasteiger partial charge in [-0.2, -0.15) is 11.8 Å². The van der Waals surface area contributed by atoms with Crippen LogP contribution in [0.5, 0.6) is 0 Å². The van der Waals surface area contributed by atoms with Crippen LogP contribution in [0.15, 0.2) is 47.9 Å². The molecule has 1 fully saturated rings. The number of H-pyrrole nitrogens is 1. The second-order valence-electron chi connectivity index (χ2n) is 7.82. The summed E-state index contributed by atoms with van der Waals surface area (Å²) < 4.78 is 0. The fourth-order valence-electron chi connectivity index (χ4n) is 3.44. The maximum absolute atomic E-state index is 12.8. The van der Waals surface area contributed by atoms with Crippen molar-refractivity contribution < 1.29 is 9.59 Å². The molecule has 0 saturated carbocycles. The van der Waals surface area contributed by atoms with Gasteiger partial charge in [0, 0.05) is 53.1 Å². The average Bonchev–Trinajstić information content (AvgIpc) is 3.26. The van der Waals surface area contributed by atoms with Gasteiger partial charge in [-0.15, -0.1) is 0 Å². The number of nitrogens with one attached hydrogen (secondary N) is 3. The highest BCUT2D eigenvalue weighted by Crippen LogP contribution is 2.25. The van der Waals surface area contributed by atoms with Crippen LogP contribution in [-0.2, 0) is 4.79 Å². The van der Waals surface area contributed by atoms with Gasteiger partial charge in [0.2, 0.25) is 0 Å². The van der Waals surface area contributed by atoms with E-state index >= 15 is 0 Å². The fraction of sp³-hybridized carbons (Fsp3) is 0.261. The molecule has 1 aliphatic heterocycles. The van der Waals surface area contributed by atoms with Crippen molar-refractivity contribution in [2.24, 2.45) is 5.73 Å². The number of amides is 2. The van der Waals surface area contributed by atoms with Crippen molar-refractivity contribution in [2.75, 3.05) is 29.9 Å². The molecule has 5 N–H and O–H groups in total. The number of hydrogen-bond acceptors (Lipinski definition) is 7. The second-order valence-corrected chi connectivity index (χ2v) is 9.04. The van der Waals surface area contributed by atoms with E-state index in [0.717, 1.165) is 41.2 Å². The lowest BCUT2D eigenvalue weighted by Gasteiger charge is -2.26. The van der Waals surface area contributed by atoms with Crippen molar-refractivity contribution in [1.82, 2.24) is 19.9 Å². The molecule has 9 nitrogen and oxygen atoms in total. The summed E-state index contributed by atoms with van der Waals surface area (Å²) in [7, 11) is 0. The Morgan fingerprint density at radius 1 is 1.18 bits per heavy atom. The first-order valence-corrected chi connectivity index (χ1v) is 11.6. The first-order chi connectivity index (χ1) is 15.8. The maximum Gasteiger partial charge on any atom is 0.273 e. The maximum atomic E-state index is 12.8. The number of aromatic nitrogens is 3. The van der Waals surface area contributed by atoms with Gasteiger partial charge in [-0.3, -0.25) is 20.0 Å². The molecule has 4 heterocycles. The Bertz CT molecular complexity index is 1270. The number of hydrogen-bond donors (Lipinski definition) is 4. The van der Waals surface area contributed by atoms with Gasteiger partial charge in [0.25, 0.3) is 11.8 Å². The predicted molar refractivity (Wildman–Crippen MR) is 131 cm³/mol. The Hall–Kier alpha value is -3.66. The zero-order valence-corrected chi connectivity index (χ0v) is 19.3. The van der Waals surface area contributed by atoms with Crippen LogP contribution in [0.1, 0.15) is 24.3 Å². The minimum Gasteiger partial charge on any atom is -0.402 e. The van der Waals surface area contributed by atoms with E-state index in [1.54, 1.807) is 32.2 Å². The summed E-state index contributed by atoms with van der Waals surface area (Å²) in [6.45, 7) is 4.75. The number of aromatic amines is 1. The lowest BCUT2D eigenvalue weighted by Crippen LogP contribution is -2.38. The largest absolute Gasteiger partial charge is 0.402 e. The van der Waals surface area contributed by atoms with E-state index in [1.165, 1.54) is 6.20 Å². The van der Waals surface area contributed by atoms with Crippen molar-refractivity contribution >= 4 is 46.0 Å². The Balaban J connectivity index is 1.55. The zero-order chi connectivity index (χ0) is 23.5. The molecule has 0 atom stereocenters. The summed E-state index contributed by atoms with van der Waals surface area (Å²) in [6.07, 6.45) is 3.16. The minimum absolute atomic E-state index is 0.0594. The summed E-state index contributed by atoms with van der Waals surface area (Å²) in [5, 5.41) is 11.4. The Labute approximate surface area is 195 Å². The van der Waals surface area contributed by atoms with Gasteiger partial charge < -0.3 is 20.9 Å². The molecular weight excluding hydrogens is 438 g/mol. The molecule has 4 rings (SSSR count). The van der Waals surface area contributed by atoms with Gasteiger partial charge in [0.1, 0.15) is 17.1 Å². The van der Waals surface area contributed by atoms with E-state index in [-0.39, 0.29) is 11.6 Å². The molecule has 2 amide bonds. The molecule has 1 saturated heterocycles. The zero-order valence-electron chi connectivity index (χ0n) is 18.4. The normalized spacial score (nSPS) is 14.7. The molecule has 170 valence electrons. The topological polar surface area (TPSA) is 141 Å². The number of fused-ring (bicyclic) bond motifs is 1. The molecule has 3 aromatic rings. The van der Waals surface area contributed by atoms with Crippen LogP contribution in [0.2, 0.25) is 0 Å². The molecular formula is C23H25N7O2S. The van der Waals surface area contributed by atoms with Gasteiger partial charge in [-0.25, -0.2) is 4.98 Å². The third-order valence-electron chi connectivity index (χ3n) is 5.51. The van der Waals surface area contributed by atoms with E-state index in [2.05, 4.69) is 20.3 Å². The van der Waals surface area contributed by atoms with Gasteiger partial charge in [0.15, 0.2) is 0 Å². The van der Waals surface area contributed by atoms with E-state index in [4.69, 9.17) is 11.1 Å². The second kappa shape index (κ2) is 9.45. The Morgan fingerprint density at radius 2 is 1.94 bits per heavy atom. The number of rotatable bonds is 5. The number of thioether (sulfide) groups is 1. The van der Waals surface area contributed by atoms with Crippen molar-refractivity contribution in [3.63, 3.8) is 0 Å². The highest BCUT2D eigenvalue weighted by atomic mass is 32.2. The van der Waals surface area contributed by atoms with E-state index in [9.17, 15) is 9.59 Å². The van der Waals surface area contributed by atoms with E-state index in [1.807, 2.05) is 28.8 Å². The summed E-state index contributed by atoms with van der Waals surface area (Å²) in [4.78, 5) is 38.9. The molecule has 0 aliphatic carbocycles. The number of carbonyl (C=O) groups excluding carboxylic acids is 2. The number of nitrogens with zero attached hydrogens (tertiary/aromatic N) is 3. The van der Waals surface area contributed by atoms with Gasteiger partial charge in [0.05, 0.1) is 11.9 Å². The van der Waals surface area contributed by atoms with Gasteiger partial charge in [-0.1, -0.05) is 0 Å². The third-order valence-corrected chi connectivity index (χ3v) is 6.45. The van der Waals surface area contributed by atoms with Crippen molar-refractivity contribution in [3.05, 3.63) is 53.6 Å². The lowest BCUT2D eigenvalue weighted by atomic mass is 10.1. The van der Waals surface area contributed by atoms with Crippen molar-refractivity contribution in [2.45, 2.75) is 13.8 Å². The van der Waals surface area contributed by atoms with Crippen LogP contribution >= 0.6 is 11.8 Å². The summed E-state index contributed by atoms with van der Waals surface area (Å²) in [6, 6.07) is 7.30. The van der Waals surface area contributed by atoms with Gasteiger partial charge >= 0.3 is 0 Å². The van der Waals surface area contributed by atoms with E-state index < -0.39 is 5.91 Å². The molecule has 10 heteroatoms. The Morgan fingerprint density at radius 3 is 2.67 bits per heavy atom. The van der Waals surface area contributed by atoms with Crippen molar-refractivity contribution in [3.8, 4) is 11.3 Å². The highest BCUT2D eigenvalue weighted by Gasteiger charge is 2.20. The lowest BCUT2D eigenvalue weighted by molar-refractivity contribution is -0.110. The molecule has 0 bridgehead atoms. The fourth-order valence-corrected chi connectivity index (χ4v) is 4.35. The highest BCUT2D eigenvalue weighted by molar-refractivity contribution is 7.99. The van der Waals surface area contributed by atoms with Crippen molar-refractivity contribution in [1.29, 1.82) is 5.41 Å². The number of anilines is 1. The molecule has 0 aromatic carbocycles. The summed E-state index contributed by atoms with van der Waals surface area (Å²) in [5.41, 5.74) is 9.49. The first-order valence-electron chi connectivity index (χ1n) is 10.5. The number of nitrogens with two attached hydrogens (primary N) is 1. The SMILES string of the molecule is C/C(N)=C(\C)C(=N)C(=O)Nc1cnc2[nH]c(-c3ccnc(C(=O)N4CCSCC4)c3)cc2c1. The number of carbonyl (C=O) groups is 2. The molecule has 33 heavy (non-hydrogen) atoms. The smallest absolute Gasteiger partial charge is 0.273 e. The van der Waals surface area contributed by atoms with Crippen LogP contribution in [-0.4, -0.2) is 62.0 Å². The molecule has 0 spiro atoms. The minimum atomic E-state index is -0.553. The molecule has 0 radical (unpaired) electrons. The molecule has 3 aromatic heterocycles. The van der Waals surface area contributed by atoms with Crippen LogP contribution in [0.4, 0.5) is 5.69 Å².